The van der Waals surface area contributed by atoms with Crippen molar-refractivity contribution in [3.63, 3.8) is 0 Å². The van der Waals surface area contributed by atoms with Gasteiger partial charge in [-0.1, -0.05) is 84.4 Å². The highest BCUT2D eigenvalue weighted by atomic mass is 13.6. The molecule has 0 saturated carbocycles. The first-order valence-electron chi connectivity index (χ1n) is 4.83. The van der Waals surface area contributed by atoms with Crippen molar-refractivity contribution in [3.05, 3.63) is 36.4 Å². The van der Waals surface area contributed by atoms with E-state index in [0.717, 1.165) is 0 Å². The molecule has 0 N–H and O–H groups in total. The second-order valence-corrected chi connectivity index (χ2v) is 2.57. The molecule has 0 spiro atoms. The molecular formula is C13H26. The van der Waals surface area contributed by atoms with Crippen molar-refractivity contribution in [2.75, 3.05) is 0 Å². The molecule has 1 aromatic rings. The highest BCUT2D eigenvalue weighted by Crippen LogP contribution is 1.79. The Hall–Kier alpha value is -0.780. The largest absolute Gasteiger partial charge is 0.0776 e. The van der Waals surface area contributed by atoms with Gasteiger partial charge in [0.1, 0.15) is 0 Å². The molecular weight excluding hydrogens is 156 g/mol. The predicted molar refractivity (Wildman–Crippen MR) is 65.1 cm³/mol. The van der Waals surface area contributed by atoms with Gasteiger partial charge in [-0.25, -0.2) is 0 Å². The Balaban J connectivity index is -0.000000126. The van der Waals surface area contributed by atoms with Crippen molar-refractivity contribution >= 4 is 0 Å². The molecule has 0 amide bonds. The van der Waals surface area contributed by atoms with E-state index in [0.29, 0.717) is 0 Å². The van der Waals surface area contributed by atoms with Crippen molar-refractivity contribution in [1.29, 1.82) is 0 Å². The summed E-state index contributed by atoms with van der Waals surface area (Å²) >= 11 is 0. The maximum Gasteiger partial charge on any atom is -0.0590 e. The Morgan fingerprint density at radius 3 is 0.692 bits per heavy atom. The second kappa shape index (κ2) is 22.5. The smallest absolute Gasteiger partial charge is 0.0590 e. The summed E-state index contributed by atoms with van der Waals surface area (Å²) in [5.74, 6) is 0. The minimum Gasteiger partial charge on any atom is -0.0776 e. The lowest BCUT2D eigenvalue weighted by atomic mass is 10.4. The van der Waals surface area contributed by atoms with Gasteiger partial charge in [-0.05, 0) is 0 Å². The number of hydrogen-bond donors (Lipinski definition) is 0. The zero-order valence-corrected chi connectivity index (χ0v) is 8.88. The topological polar surface area (TPSA) is 0 Å². The minimum atomic E-state index is 0. The fraction of sp³-hybridized carbons (Fsp3) is 0.538. The third kappa shape index (κ3) is 35.0. The monoisotopic (exact) mass is 182 g/mol. The molecule has 0 aliphatic carbocycles. The highest BCUT2D eigenvalue weighted by molar-refractivity contribution is 4.99. The molecule has 0 aromatic heterocycles. The quantitative estimate of drug-likeness (QED) is 0.520. The summed E-state index contributed by atoms with van der Waals surface area (Å²) in [5.41, 5.74) is 0. The van der Waals surface area contributed by atoms with Crippen LogP contribution in [0.4, 0.5) is 0 Å². The molecule has 0 heterocycles. The van der Waals surface area contributed by atoms with Gasteiger partial charge in [-0.2, -0.15) is 0 Å². The van der Waals surface area contributed by atoms with Crippen molar-refractivity contribution in [1.82, 2.24) is 0 Å². The van der Waals surface area contributed by atoms with E-state index < -0.39 is 0 Å². The lowest BCUT2D eigenvalue weighted by molar-refractivity contribution is 1.09. The molecule has 0 unspecified atom stereocenters. The zero-order valence-electron chi connectivity index (χ0n) is 8.88. The maximum absolute atomic E-state index is 2.12. The Morgan fingerprint density at radius 2 is 0.615 bits per heavy atom. The highest BCUT2D eigenvalue weighted by Gasteiger charge is 1.57. The van der Waals surface area contributed by atoms with Gasteiger partial charge in [0.2, 0.25) is 0 Å². The molecule has 0 radical (unpaired) electrons. The summed E-state index contributed by atoms with van der Waals surface area (Å²) in [4.78, 5) is 0. The predicted octanol–water partition coefficient (Wildman–Crippen LogP) is 5.16. The van der Waals surface area contributed by atoms with Crippen LogP contribution in [-0.4, -0.2) is 0 Å². The molecule has 0 nitrogen and oxygen atoms in total. The van der Waals surface area contributed by atoms with Crippen LogP contribution in [0.15, 0.2) is 36.4 Å². The lowest BCUT2D eigenvalue weighted by Crippen LogP contribution is -1.47. The van der Waals surface area contributed by atoms with Crippen molar-refractivity contribution < 1.29 is 0 Å². The molecule has 13 heavy (non-hydrogen) atoms. The molecule has 1 aromatic carbocycles. The van der Waals surface area contributed by atoms with Crippen LogP contribution in [0.2, 0.25) is 0 Å². The molecule has 0 aliphatic rings. The third-order valence-electron chi connectivity index (χ3n) is 0.667. The van der Waals surface area contributed by atoms with Crippen molar-refractivity contribution in [2.45, 2.75) is 48.0 Å². The molecule has 0 atom stereocenters. The van der Waals surface area contributed by atoms with E-state index in [-0.39, 0.29) is 7.43 Å². The van der Waals surface area contributed by atoms with Gasteiger partial charge in [-0.3, -0.25) is 0 Å². The minimum absolute atomic E-state index is 0. The van der Waals surface area contributed by atoms with Crippen LogP contribution in [-0.2, 0) is 0 Å². The van der Waals surface area contributed by atoms with E-state index in [1.54, 1.807) is 0 Å². The van der Waals surface area contributed by atoms with E-state index in [1.807, 2.05) is 36.4 Å². The number of hydrogen-bond acceptors (Lipinski definition) is 0. The standard InChI is InChI=1S/C6H6.2C3H8.CH4/c1-2-4-6-5-3-1;2*1-3-2;/h1-6H;2*3H2,1-2H3;1H4. The van der Waals surface area contributed by atoms with Gasteiger partial charge in [0.25, 0.3) is 0 Å². The molecule has 1 rings (SSSR count). The molecule has 0 saturated heterocycles. The van der Waals surface area contributed by atoms with Gasteiger partial charge in [0, 0.05) is 0 Å². The summed E-state index contributed by atoms with van der Waals surface area (Å²) in [6, 6.07) is 12.0. The average molecular weight is 182 g/mol. The lowest BCUT2D eigenvalue weighted by Gasteiger charge is -1.69. The summed E-state index contributed by atoms with van der Waals surface area (Å²) < 4.78 is 0. The van der Waals surface area contributed by atoms with Gasteiger partial charge in [-0.15, -0.1) is 0 Å². The third-order valence-corrected chi connectivity index (χ3v) is 0.667. The molecule has 78 valence electrons. The van der Waals surface area contributed by atoms with Crippen molar-refractivity contribution in [3.8, 4) is 0 Å². The summed E-state index contributed by atoms with van der Waals surface area (Å²) in [5, 5.41) is 0. The average Bonchev–Trinajstić information content (AvgIpc) is 2.10. The fourth-order valence-corrected chi connectivity index (χ4v) is 0.385. The molecule has 0 heteroatoms. The van der Waals surface area contributed by atoms with Crippen LogP contribution >= 0.6 is 0 Å². The summed E-state index contributed by atoms with van der Waals surface area (Å²) in [6.45, 7) is 8.50. The summed E-state index contributed by atoms with van der Waals surface area (Å²) in [7, 11) is 0. The van der Waals surface area contributed by atoms with E-state index in [2.05, 4.69) is 27.7 Å². The number of rotatable bonds is 0. The van der Waals surface area contributed by atoms with Crippen LogP contribution in [0.25, 0.3) is 0 Å². The van der Waals surface area contributed by atoms with E-state index in [9.17, 15) is 0 Å². The van der Waals surface area contributed by atoms with Gasteiger partial charge in [0.15, 0.2) is 0 Å². The van der Waals surface area contributed by atoms with Crippen LogP contribution in [0.5, 0.6) is 0 Å². The Kier molecular flexibility index (Phi) is 31.3. The van der Waals surface area contributed by atoms with Crippen LogP contribution in [0.1, 0.15) is 48.0 Å². The van der Waals surface area contributed by atoms with Crippen LogP contribution < -0.4 is 0 Å². The molecule has 0 fully saturated rings. The maximum atomic E-state index is 2.12. The van der Waals surface area contributed by atoms with Gasteiger partial charge < -0.3 is 0 Å². The van der Waals surface area contributed by atoms with Gasteiger partial charge >= 0.3 is 0 Å². The van der Waals surface area contributed by atoms with Crippen LogP contribution in [0.3, 0.4) is 0 Å². The Bertz CT molecular complexity index is 92.0. The van der Waals surface area contributed by atoms with Crippen molar-refractivity contribution in [2.24, 2.45) is 0 Å². The first kappa shape index (κ1) is 18.1. The second-order valence-electron chi connectivity index (χ2n) is 2.57. The molecule has 0 aliphatic heterocycles. The van der Waals surface area contributed by atoms with E-state index in [1.165, 1.54) is 12.8 Å². The molecule has 0 bridgehead atoms. The SMILES string of the molecule is C.CCC.CCC.c1ccccc1. The normalized spacial score (nSPS) is 6.46. The zero-order chi connectivity index (χ0) is 9.66. The first-order chi connectivity index (χ1) is 5.83. The van der Waals surface area contributed by atoms with E-state index >= 15 is 0 Å². The summed E-state index contributed by atoms with van der Waals surface area (Å²) in [6.07, 6.45) is 2.50. The Morgan fingerprint density at radius 1 is 0.538 bits per heavy atom. The first-order valence-corrected chi connectivity index (χ1v) is 4.83. The van der Waals surface area contributed by atoms with Crippen LogP contribution in [0, 0.1) is 0 Å². The Labute approximate surface area is 85.0 Å². The van der Waals surface area contributed by atoms with Gasteiger partial charge in [0.05, 0.1) is 0 Å². The van der Waals surface area contributed by atoms with E-state index in [4.69, 9.17) is 0 Å². The fourth-order valence-electron chi connectivity index (χ4n) is 0.385. The number of benzene rings is 1.